The molecule has 0 bridgehead atoms. The molecule has 0 atom stereocenters. The van der Waals surface area contributed by atoms with Gasteiger partial charge in [-0.2, -0.15) is 0 Å². The van der Waals surface area contributed by atoms with Crippen molar-refractivity contribution in [2.45, 2.75) is 6.61 Å². The van der Waals surface area contributed by atoms with E-state index in [-0.39, 0.29) is 12.5 Å². The van der Waals surface area contributed by atoms with Crippen LogP contribution in [-0.4, -0.2) is 37.5 Å². The lowest BCUT2D eigenvalue weighted by Gasteiger charge is -2.13. The molecule has 24 heavy (non-hydrogen) atoms. The maximum Gasteiger partial charge on any atom is 0.342 e. The van der Waals surface area contributed by atoms with Gasteiger partial charge in [0.15, 0.2) is 6.61 Å². The van der Waals surface area contributed by atoms with Gasteiger partial charge in [0.05, 0.1) is 0 Å². The molecule has 1 amide bonds. The molecule has 126 valence electrons. The van der Waals surface area contributed by atoms with E-state index in [0.717, 1.165) is 10.0 Å². The van der Waals surface area contributed by atoms with Gasteiger partial charge in [-0.25, -0.2) is 4.79 Å². The third-order valence-corrected chi connectivity index (χ3v) is 3.71. The van der Waals surface area contributed by atoms with Gasteiger partial charge in [-0.05, 0) is 29.8 Å². The highest BCUT2D eigenvalue weighted by molar-refractivity contribution is 9.10. The number of ether oxygens (including phenoxy) is 2. The summed E-state index contributed by atoms with van der Waals surface area (Å²) in [4.78, 5) is 25.1. The summed E-state index contributed by atoms with van der Waals surface area (Å²) in [7, 11) is 3.20. The molecule has 0 aliphatic rings. The number of likely N-dealkylation sites (N-methyl/N-ethyl adjacent to an activating group) is 1. The van der Waals surface area contributed by atoms with Crippen LogP contribution in [0.5, 0.6) is 5.75 Å². The monoisotopic (exact) mass is 391 g/mol. The van der Waals surface area contributed by atoms with Crippen molar-refractivity contribution < 1.29 is 19.1 Å². The van der Waals surface area contributed by atoms with E-state index in [1.807, 2.05) is 24.3 Å². The summed E-state index contributed by atoms with van der Waals surface area (Å²) in [6.07, 6.45) is 0. The molecule has 0 aliphatic heterocycles. The highest BCUT2D eigenvalue weighted by Gasteiger charge is 2.16. The molecule has 0 heterocycles. The average Bonchev–Trinajstić information content (AvgIpc) is 2.57. The molecule has 0 saturated carbocycles. The fourth-order valence-electron chi connectivity index (χ4n) is 1.88. The molecule has 0 N–H and O–H groups in total. The van der Waals surface area contributed by atoms with E-state index in [1.165, 1.54) is 4.90 Å². The van der Waals surface area contributed by atoms with Gasteiger partial charge in [-0.15, -0.1) is 0 Å². The van der Waals surface area contributed by atoms with E-state index in [4.69, 9.17) is 9.47 Å². The van der Waals surface area contributed by atoms with Gasteiger partial charge in [0.2, 0.25) is 0 Å². The van der Waals surface area contributed by atoms with E-state index >= 15 is 0 Å². The van der Waals surface area contributed by atoms with Gasteiger partial charge < -0.3 is 14.4 Å². The first-order valence-corrected chi connectivity index (χ1v) is 8.10. The van der Waals surface area contributed by atoms with Crippen LogP contribution >= 0.6 is 15.9 Å². The first-order valence-electron chi connectivity index (χ1n) is 7.31. The molecule has 0 fully saturated rings. The summed E-state index contributed by atoms with van der Waals surface area (Å²) in [5.74, 6) is -0.453. The Bertz CT molecular complexity index is 730. The first-order chi connectivity index (χ1) is 11.5. The Morgan fingerprint density at radius 3 is 2.54 bits per heavy atom. The molecule has 0 aliphatic carbocycles. The van der Waals surface area contributed by atoms with Crippen molar-refractivity contribution in [3.05, 3.63) is 64.1 Å². The summed E-state index contributed by atoms with van der Waals surface area (Å²) >= 11 is 3.41. The average molecular weight is 392 g/mol. The van der Waals surface area contributed by atoms with Crippen LogP contribution in [0.1, 0.15) is 15.9 Å². The minimum absolute atomic E-state index is 0.282. The van der Waals surface area contributed by atoms with Crippen molar-refractivity contribution in [1.29, 1.82) is 0 Å². The predicted octanol–water partition coefficient (Wildman–Crippen LogP) is 3.27. The normalized spacial score (nSPS) is 10.1. The Morgan fingerprint density at radius 1 is 1.08 bits per heavy atom. The van der Waals surface area contributed by atoms with Crippen molar-refractivity contribution in [2.75, 3.05) is 20.7 Å². The lowest BCUT2D eigenvalue weighted by molar-refractivity contribution is -0.131. The van der Waals surface area contributed by atoms with Crippen LogP contribution in [0.15, 0.2) is 53.0 Å². The van der Waals surface area contributed by atoms with Crippen LogP contribution in [0, 0.1) is 0 Å². The molecule has 2 aromatic rings. The lowest BCUT2D eigenvalue weighted by Crippen LogP contribution is -2.27. The number of rotatable bonds is 6. The number of hydrogen-bond acceptors (Lipinski definition) is 4. The Labute approximate surface area is 149 Å². The van der Waals surface area contributed by atoms with Crippen molar-refractivity contribution in [1.82, 2.24) is 4.90 Å². The van der Waals surface area contributed by atoms with Crippen LogP contribution < -0.4 is 4.74 Å². The zero-order valence-corrected chi connectivity index (χ0v) is 15.1. The molecule has 0 saturated heterocycles. The van der Waals surface area contributed by atoms with Gasteiger partial charge >= 0.3 is 5.97 Å². The molecule has 0 aromatic heterocycles. The summed E-state index contributed by atoms with van der Waals surface area (Å²) < 4.78 is 11.7. The van der Waals surface area contributed by atoms with Gasteiger partial charge in [-0.1, -0.05) is 40.2 Å². The minimum Gasteiger partial charge on any atom is -0.488 e. The Morgan fingerprint density at radius 2 is 1.83 bits per heavy atom. The molecule has 0 unspecified atom stereocenters. The van der Waals surface area contributed by atoms with Gasteiger partial charge in [0.25, 0.3) is 5.91 Å². The topological polar surface area (TPSA) is 55.8 Å². The lowest BCUT2D eigenvalue weighted by atomic mass is 10.2. The van der Waals surface area contributed by atoms with Crippen LogP contribution in [-0.2, 0) is 16.1 Å². The summed E-state index contributed by atoms with van der Waals surface area (Å²) in [6, 6.07) is 14.5. The van der Waals surface area contributed by atoms with Crippen LogP contribution in [0.3, 0.4) is 0 Å². The van der Waals surface area contributed by atoms with Crippen molar-refractivity contribution >= 4 is 27.8 Å². The number of carbonyl (C=O) groups is 2. The molecule has 0 spiro atoms. The summed E-state index contributed by atoms with van der Waals surface area (Å²) in [6.45, 7) is 0.0200. The number of halogens is 1. The van der Waals surface area contributed by atoms with E-state index in [2.05, 4.69) is 15.9 Å². The smallest absolute Gasteiger partial charge is 0.342 e. The number of benzene rings is 2. The van der Waals surface area contributed by atoms with Gasteiger partial charge in [-0.3, -0.25) is 4.79 Å². The number of hydrogen-bond donors (Lipinski definition) is 0. The van der Waals surface area contributed by atoms with E-state index in [1.54, 1.807) is 38.4 Å². The van der Waals surface area contributed by atoms with Gasteiger partial charge in [0.1, 0.15) is 17.9 Å². The molecule has 2 rings (SSSR count). The molecule has 0 radical (unpaired) electrons. The largest absolute Gasteiger partial charge is 0.488 e. The van der Waals surface area contributed by atoms with Crippen LogP contribution in [0.2, 0.25) is 0 Å². The fourth-order valence-corrected chi connectivity index (χ4v) is 2.33. The summed E-state index contributed by atoms with van der Waals surface area (Å²) in [5.41, 5.74) is 1.26. The first kappa shape index (κ1) is 18.0. The number of nitrogens with zero attached hydrogens (tertiary/aromatic N) is 1. The van der Waals surface area contributed by atoms with Crippen molar-refractivity contribution in [3.63, 3.8) is 0 Å². The maximum absolute atomic E-state index is 12.2. The zero-order valence-electron chi connectivity index (χ0n) is 13.5. The fraction of sp³-hybridized carbons (Fsp3) is 0.222. The number of amides is 1. The quantitative estimate of drug-likeness (QED) is 0.709. The predicted molar refractivity (Wildman–Crippen MR) is 93.9 cm³/mol. The van der Waals surface area contributed by atoms with Gasteiger partial charge in [0, 0.05) is 18.6 Å². The number of carbonyl (C=O) groups excluding carboxylic acids is 2. The Balaban J connectivity index is 2.04. The molecular weight excluding hydrogens is 374 g/mol. The molecule has 2 aromatic carbocycles. The molecule has 6 heteroatoms. The second kappa shape index (κ2) is 8.49. The van der Waals surface area contributed by atoms with E-state index < -0.39 is 5.97 Å². The van der Waals surface area contributed by atoms with E-state index in [9.17, 15) is 9.59 Å². The second-order valence-corrected chi connectivity index (χ2v) is 6.19. The Kier molecular flexibility index (Phi) is 6.37. The summed E-state index contributed by atoms with van der Waals surface area (Å²) in [5, 5.41) is 0. The van der Waals surface area contributed by atoms with Crippen molar-refractivity contribution in [3.8, 4) is 5.75 Å². The Hall–Kier alpha value is -2.34. The minimum atomic E-state index is -0.588. The standard InChI is InChI=1S/C18H18BrNO4/c1-20(2)17(21)12-24-18(22)15-8-3-4-9-16(15)23-11-13-6-5-7-14(19)10-13/h3-10H,11-12H2,1-2H3. The van der Waals surface area contributed by atoms with Crippen LogP contribution in [0.25, 0.3) is 0 Å². The third kappa shape index (κ3) is 5.09. The molecule has 5 nitrogen and oxygen atoms in total. The zero-order chi connectivity index (χ0) is 17.5. The van der Waals surface area contributed by atoms with Crippen molar-refractivity contribution in [2.24, 2.45) is 0 Å². The highest BCUT2D eigenvalue weighted by Crippen LogP contribution is 2.21. The number of para-hydroxylation sites is 1. The molecular formula is C18H18BrNO4. The SMILES string of the molecule is CN(C)C(=O)COC(=O)c1ccccc1OCc1cccc(Br)c1. The highest BCUT2D eigenvalue weighted by atomic mass is 79.9. The van der Waals surface area contributed by atoms with E-state index in [0.29, 0.717) is 17.9 Å². The second-order valence-electron chi connectivity index (χ2n) is 5.28. The van der Waals surface area contributed by atoms with Crippen LogP contribution in [0.4, 0.5) is 0 Å². The maximum atomic E-state index is 12.2. The number of esters is 1. The third-order valence-electron chi connectivity index (χ3n) is 3.22.